The van der Waals surface area contributed by atoms with E-state index in [1.165, 1.54) is 11.0 Å². The number of nitrogens with one attached hydrogen (secondary N) is 2. The van der Waals surface area contributed by atoms with Gasteiger partial charge < -0.3 is 26.0 Å². The number of alkyl carbamates (subject to hydrolysis) is 1. The summed E-state index contributed by atoms with van der Waals surface area (Å²) in [7, 11) is 0. The van der Waals surface area contributed by atoms with Gasteiger partial charge in [0.05, 0.1) is 17.1 Å². The molecule has 0 bridgehead atoms. The Morgan fingerprint density at radius 2 is 1.77 bits per heavy atom. The van der Waals surface area contributed by atoms with Gasteiger partial charge in [-0.3, -0.25) is 14.4 Å². The number of hydrogen-bond donors (Lipinski definition) is 3. The van der Waals surface area contributed by atoms with Crippen LogP contribution < -0.4 is 16.4 Å². The molecule has 210 valence electrons. The molecule has 4 amide bonds. The lowest BCUT2D eigenvalue weighted by Gasteiger charge is -2.34. The first-order valence-corrected chi connectivity index (χ1v) is 12.8. The van der Waals surface area contributed by atoms with Crippen molar-refractivity contribution in [2.24, 2.45) is 5.73 Å². The molecule has 9 nitrogen and oxygen atoms in total. The van der Waals surface area contributed by atoms with Crippen LogP contribution in [0, 0.1) is 20.8 Å². The van der Waals surface area contributed by atoms with Crippen molar-refractivity contribution in [2.45, 2.75) is 65.6 Å². The van der Waals surface area contributed by atoms with Gasteiger partial charge in [-0.05, 0) is 64.3 Å². The summed E-state index contributed by atoms with van der Waals surface area (Å²) >= 11 is 6.38. The molecule has 39 heavy (non-hydrogen) atoms. The first kappa shape index (κ1) is 31.4. The van der Waals surface area contributed by atoms with Crippen molar-refractivity contribution < 1.29 is 23.9 Å². The minimum atomic E-state index is -1.39. The van der Waals surface area contributed by atoms with Gasteiger partial charge in [0.25, 0.3) is 5.91 Å². The molecule has 10 heteroatoms. The second-order valence-corrected chi connectivity index (χ2v) is 10.7. The van der Waals surface area contributed by atoms with Gasteiger partial charge in [-0.1, -0.05) is 53.6 Å². The molecule has 2 aromatic carbocycles. The van der Waals surface area contributed by atoms with E-state index >= 15 is 0 Å². The van der Waals surface area contributed by atoms with Crippen LogP contribution in [0.1, 0.15) is 55.5 Å². The lowest BCUT2D eigenvalue weighted by molar-refractivity contribution is -0.141. The van der Waals surface area contributed by atoms with E-state index in [0.717, 1.165) is 16.7 Å². The summed E-state index contributed by atoms with van der Waals surface area (Å²) in [5.74, 6) is -2.07. The van der Waals surface area contributed by atoms with Gasteiger partial charge in [-0.15, -0.1) is 6.58 Å². The Morgan fingerprint density at radius 3 is 2.33 bits per heavy atom. The van der Waals surface area contributed by atoms with Crippen LogP contribution in [0.4, 0.5) is 10.5 Å². The first-order chi connectivity index (χ1) is 18.1. The summed E-state index contributed by atoms with van der Waals surface area (Å²) in [4.78, 5) is 53.6. The summed E-state index contributed by atoms with van der Waals surface area (Å²) < 4.78 is 5.29. The molecule has 0 spiro atoms. The summed E-state index contributed by atoms with van der Waals surface area (Å²) in [5, 5.41) is 5.64. The topological polar surface area (TPSA) is 131 Å². The molecule has 0 heterocycles. The van der Waals surface area contributed by atoms with E-state index in [9.17, 15) is 19.2 Å². The highest BCUT2D eigenvalue weighted by molar-refractivity contribution is 6.34. The van der Waals surface area contributed by atoms with Crippen LogP contribution >= 0.6 is 11.6 Å². The van der Waals surface area contributed by atoms with Gasteiger partial charge in [-0.25, -0.2) is 4.79 Å². The third kappa shape index (κ3) is 8.85. The normalized spacial score (nSPS) is 12.6. The zero-order chi connectivity index (χ0) is 29.5. The number of anilines is 1. The van der Waals surface area contributed by atoms with Gasteiger partial charge in [0.1, 0.15) is 17.7 Å². The number of primary amides is 1. The van der Waals surface area contributed by atoms with Crippen molar-refractivity contribution in [3.05, 3.63) is 76.3 Å². The molecule has 0 aromatic heterocycles. The van der Waals surface area contributed by atoms with E-state index in [4.69, 9.17) is 22.1 Å². The van der Waals surface area contributed by atoms with Gasteiger partial charge in [0.2, 0.25) is 11.8 Å². The van der Waals surface area contributed by atoms with E-state index < -0.39 is 47.9 Å². The zero-order valence-corrected chi connectivity index (χ0v) is 24.0. The highest BCUT2D eigenvalue weighted by atomic mass is 35.5. The van der Waals surface area contributed by atoms with Crippen molar-refractivity contribution >= 4 is 41.1 Å². The van der Waals surface area contributed by atoms with Crippen LogP contribution in [0.25, 0.3) is 0 Å². The molecule has 0 fully saturated rings. The number of para-hydroxylation sites is 1. The number of amides is 4. The lowest BCUT2D eigenvalue weighted by atomic mass is 9.95. The fourth-order valence-corrected chi connectivity index (χ4v) is 4.27. The molecular weight excluding hydrogens is 520 g/mol. The maximum Gasteiger partial charge on any atom is 0.408 e. The quantitative estimate of drug-likeness (QED) is 0.364. The van der Waals surface area contributed by atoms with Crippen LogP contribution in [0.5, 0.6) is 0 Å². The predicted octanol–water partition coefficient (Wildman–Crippen LogP) is 4.73. The van der Waals surface area contributed by atoms with Crippen molar-refractivity contribution in [1.29, 1.82) is 0 Å². The van der Waals surface area contributed by atoms with Gasteiger partial charge in [0, 0.05) is 6.54 Å². The molecular formula is C29H37ClN4O5. The number of carbonyl (C=O) groups is 4. The molecule has 2 aromatic rings. The molecule has 4 N–H and O–H groups in total. The monoisotopic (exact) mass is 556 g/mol. The maximum atomic E-state index is 14.0. The van der Waals surface area contributed by atoms with E-state index in [0.29, 0.717) is 16.3 Å². The average molecular weight is 557 g/mol. The van der Waals surface area contributed by atoms with Crippen LogP contribution in [-0.4, -0.2) is 46.9 Å². The summed E-state index contributed by atoms with van der Waals surface area (Å²) in [6.45, 7) is 14.2. The van der Waals surface area contributed by atoms with Crippen molar-refractivity contribution in [3.8, 4) is 0 Å². The smallest absolute Gasteiger partial charge is 0.408 e. The number of nitrogens with zero attached hydrogens (tertiary/aromatic N) is 1. The minimum absolute atomic E-state index is 0.0724. The third-order valence-electron chi connectivity index (χ3n) is 5.76. The molecule has 0 aliphatic rings. The van der Waals surface area contributed by atoms with Gasteiger partial charge in [0.15, 0.2) is 0 Å². The number of carbonyl (C=O) groups excluding carboxylic acids is 4. The Kier molecular flexibility index (Phi) is 10.7. The summed E-state index contributed by atoms with van der Waals surface area (Å²) in [6, 6.07) is 8.22. The van der Waals surface area contributed by atoms with Crippen molar-refractivity contribution in [2.75, 3.05) is 11.9 Å². The molecule has 2 atom stereocenters. The SMILES string of the molecule is C=CCN(C(=O)C(CC(N)=O)NC(=O)OC(C)(C)C)C(C(=O)Nc1c(C)cccc1Cl)c1cc(C)ccc1C. The van der Waals surface area contributed by atoms with Crippen molar-refractivity contribution in [1.82, 2.24) is 10.2 Å². The Bertz CT molecular complexity index is 1230. The number of halogens is 1. The Hall–Kier alpha value is -3.85. The summed E-state index contributed by atoms with van der Waals surface area (Å²) in [5.41, 5.74) is 7.89. The van der Waals surface area contributed by atoms with E-state index in [1.807, 2.05) is 32.0 Å². The molecule has 2 unspecified atom stereocenters. The first-order valence-electron chi connectivity index (χ1n) is 12.5. The van der Waals surface area contributed by atoms with Crippen LogP contribution in [0.15, 0.2) is 49.1 Å². The Balaban J connectivity index is 2.62. The predicted molar refractivity (Wildman–Crippen MR) is 152 cm³/mol. The van der Waals surface area contributed by atoms with Gasteiger partial charge in [-0.2, -0.15) is 0 Å². The Morgan fingerprint density at radius 1 is 1.10 bits per heavy atom. The average Bonchev–Trinajstić information content (AvgIpc) is 2.81. The van der Waals surface area contributed by atoms with E-state index in [1.54, 1.807) is 45.9 Å². The van der Waals surface area contributed by atoms with E-state index in [-0.39, 0.29) is 6.54 Å². The largest absolute Gasteiger partial charge is 0.444 e. The number of hydrogen-bond acceptors (Lipinski definition) is 5. The maximum absolute atomic E-state index is 14.0. The number of benzene rings is 2. The second kappa shape index (κ2) is 13.3. The van der Waals surface area contributed by atoms with Crippen molar-refractivity contribution in [3.63, 3.8) is 0 Å². The summed E-state index contributed by atoms with van der Waals surface area (Å²) in [6.07, 6.45) is 0.0510. The number of nitrogens with two attached hydrogens (primary N) is 1. The fourth-order valence-electron chi connectivity index (χ4n) is 4.00. The molecule has 0 radical (unpaired) electrons. The fraction of sp³-hybridized carbons (Fsp3) is 0.379. The third-order valence-corrected chi connectivity index (χ3v) is 6.08. The number of aryl methyl sites for hydroxylation is 3. The Labute approximate surface area is 234 Å². The van der Waals surface area contributed by atoms with E-state index in [2.05, 4.69) is 17.2 Å². The van der Waals surface area contributed by atoms with Crippen LogP contribution in [0.3, 0.4) is 0 Å². The number of rotatable bonds is 10. The highest BCUT2D eigenvalue weighted by Crippen LogP contribution is 2.31. The van der Waals surface area contributed by atoms with Crippen LogP contribution in [-0.2, 0) is 19.1 Å². The molecule has 0 saturated carbocycles. The highest BCUT2D eigenvalue weighted by Gasteiger charge is 2.37. The van der Waals surface area contributed by atoms with Crippen LogP contribution in [0.2, 0.25) is 5.02 Å². The second-order valence-electron chi connectivity index (χ2n) is 10.3. The lowest BCUT2D eigenvalue weighted by Crippen LogP contribution is -2.53. The molecule has 0 aliphatic heterocycles. The number of ether oxygens (including phenoxy) is 1. The van der Waals surface area contributed by atoms with Gasteiger partial charge >= 0.3 is 6.09 Å². The standard InChI is InChI=1S/C29H37ClN4O5/c1-8-14-34(27(37)22(16-23(31)35)32-28(38)39-29(5,6)7)25(20-15-17(2)12-13-18(20)3)26(36)33-24-19(4)10-9-11-21(24)30/h8-13,15,22,25H,1,14,16H2,2-7H3,(H2,31,35)(H,32,38)(H,33,36). The zero-order valence-electron chi connectivity index (χ0n) is 23.3. The minimum Gasteiger partial charge on any atom is -0.444 e. The molecule has 2 rings (SSSR count). The molecule has 0 aliphatic carbocycles. The molecule has 0 saturated heterocycles.